The number of rotatable bonds is 2. The van der Waals surface area contributed by atoms with Crippen LogP contribution in [-0.4, -0.2) is 0 Å². The van der Waals surface area contributed by atoms with Gasteiger partial charge in [-0.25, -0.2) is 0 Å². The molecule has 1 heterocycles. The van der Waals surface area contributed by atoms with E-state index in [2.05, 4.69) is 18.4 Å². The molecule has 0 aliphatic heterocycles. The van der Waals surface area contributed by atoms with Crippen LogP contribution in [0.3, 0.4) is 0 Å². The lowest BCUT2D eigenvalue weighted by molar-refractivity contribution is 0.510. The average molecular weight is 222 g/mol. The van der Waals surface area contributed by atoms with Crippen LogP contribution in [0, 0.1) is 18.8 Å². The van der Waals surface area contributed by atoms with Gasteiger partial charge in [0.2, 0.25) is 0 Å². The summed E-state index contributed by atoms with van der Waals surface area (Å²) in [4.78, 5) is 0. The molecule has 1 heteroatoms. The first-order valence-electron chi connectivity index (χ1n) is 5.57. The lowest BCUT2D eigenvalue weighted by Crippen LogP contribution is -1.74. The van der Waals surface area contributed by atoms with Crippen LogP contribution in [0.4, 0.5) is 0 Å². The molecule has 0 saturated carbocycles. The number of hydrogen-bond donors (Lipinski definition) is 0. The van der Waals surface area contributed by atoms with Gasteiger partial charge in [0.05, 0.1) is 0 Å². The number of hydrogen-bond acceptors (Lipinski definition) is 1. The zero-order valence-corrected chi connectivity index (χ0v) is 9.86. The Balaban J connectivity index is 2.24. The van der Waals surface area contributed by atoms with E-state index in [1.54, 1.807) is 0 Å². The summed E-state index contributed by atoms with van der Waals surface area (Å²) >= 11 is 0. The minimum absolute atomic E-state index is 0.741. The predicted octanol–water partition coefficient (Wildman–Crippen LogP) is 3.72. The molecule has 1 aromatic carbocycles. The van der Waals surface area contributed by atoms with E-state index in [1.807, 2.05) is 49.4 Å². The van der Waals surface area contributed by atoms with Crippen LogP contribution in [0.2, 0.25) is 0 Å². The first-order chi connectivity index (χ1) is 8.29. The fourth-order valence-electron chi connectivity index (χ4n) is 1.57. The van der Waals surface area contributed by atoms with Crippen molar-refractivity contribution in [2.45, 2.75) is 13.3 Å². The number of aryl methyl sites for hydroxylation is 1. The first-order valence-corrected chi connectivity index (χ1v) is 5.57. The summed E-state index contributed by atoms with van der Waals surface area (Å²) in [6.45, 7) is 5.70. The Morgan fingerprint density at radius 2 is 2.00 bits per heavy atom. The zero-order chi connectivity index (χ0) is 12.1. The molecular formula is C16H14O. The van der Waals surface area contributed by atoms with Gasteiger partial charge in [-0.2, -0.15) is 0 Å². The van der Waals surface area contributed by atoms with Crippen LogP contribution in [0.15, 0.2) is 53.5 Å². The van der Waals surface area contributed by atoms with Crippen molar-refractivity contribution < 1.29 is 4.42 Å². The highest BCUT2D eigenvalue weighted by Crippen LogP contribution is 2.14. The standard InChI is InChI=1S/C16H14O/c1-3-7-15-12-13(2)16(17-15)11-10-14-8-5-4-6-9-14/h3-6,8-9,12H,1,7H2,2H3. The van der Waals surface area contributed by atoms with E-state index in [4.69, 9.17) is 4.42 Å². The highest BCUT2D eigenvalue weighted by molar-refractivity contribution is 5.42. The third-order valence-electron chi connectivity index (χ3n) is 2.41. The topological polar surface area (TPSA) is 13.1 Å². The maximum Gasteiger partial charge on any atom is 0.180 e. The summed E-state index contributed by atoms with van der Waals surface area (Å²) in [5.74, 6) is 7.80. The Bertz CT molecular complexity index is 565. The Morgan fingerprint density at radius 1 is 1.24 bits per heavy atom. The molecule has 0 spiro atoms. The number of benzene rings is 1. The molecule has 0 saturated heterocycles. The number of furan rings is 1. The van der Waals surface area contributed by atoms with Crippen molar-refractivity contribution in [2.75, 3.05) is 0 Å². The molecule has 0 atom stereocenters. The Hall–Kier alpha value is -2.20. The molecule has 0 aliphatic rings. The third kappa shape index (κ3) is 2.89. The summed E-state index contributed by atoms with van der Waals surface area (Å²) < 4.78 is 5.63. The van der Waals surface area contributed by atoms with E-state index < -0.39 is 0 Å². The predicted molar refractivity (Wildman–Crippen MR) is 69.8 cm³/mol. The van der Waals surface area contributed by atoms with Crippen LogP contribution >= 0.6 is 0 Å². The van der Waals surface area contributed by atoms with Gasteiger partial charge in [-0.15, -0.1) is 6.58 Å². The fourth-order valence-corrected chi connectivity index (χ4v) is 1.57. The Kier molecular flexibility index (Phi) is 3.47. The van der Waals surface area contributed by atoms with Gasteiger partial charge in [-0.05, 0) is 31.0 Å². The highest BCUT2D eigenvalue weighted by atomic mass is 16.3. The molecule has 2 aromatic rings. The van der Waals surface area contributed by atoms with Gasteiger partial charge in [0, 0.05) is 17.5 Å². The van der Waals surface area contributed by atoms with E-state index in [0.717, 1.165) is 29.1 Å². The van der Waals surface area contributed by atoms with Gasteiger partial charge in [-0.3, -0.25) is 0 Å². The normalized spacial score (nSPS) is 9.47. The van der Waals surface area contributed by atoms with E-state index in [1.165, 1.54) is 0 Å². The second kappa shape index (κ2) is 5.23. The first kappa shape index (κ1) is 11.3. The zero-order valence-electron chi connectivity index (χ0n) is 9.86. The molecule has 84 valence electrons. The van der Waals surface area contributed by atoms with Crippen molar-refractivity contribution in [3.63, 3.8) is 0 Å². The quantitative estimate of drug-likeness (QED) is 0.557. The van der Waals surface area contributed by atoms with Crippen LogP contribution in [0.5, 0.6) is 0 Å². The molecule has 0 N–H and O–H groups in total. The summed E-state index contributed by atoms with van der Waals surface area (Å²) in [7, 11) is 0. The van der Waals surface area contributed by atoms with Crippen molar-refractivity contribution in [3.8, 4) is 11.8 Å². The summed E-state index contributed by atoms with van der Waals surface area (Å²) in [6.07, 6.45) is 2.57. The van der Waals surface area contributed by atoms with Crippen molar-refractivity contribution in [1.82, 2.24) is 0 Å². The maximum absolute atomic E-state index is 5.63. The largest absolute Gasteiger partial charge is 0.452 e. The van der Waals surface area contributed by atoms with Gasteiger partial charge in [0.15, 0.2) is 5.76 Å². The second-order valence-corrected chi connectivity index (χ2v) is 3.83. The molecule has 0 fully saturated rings. The van der Waals surface area contributed by atoms with Crippen LogP contribution < -0.4 is 0 Å². The third-order valence-corrected chi connectivity index (χ3v) is 2.41. The van der Waals surface area contributed by atoms with Crippen molar-refractivity contribution in [1.29, 1.82) is 0 Å². The van der Waals surface area contributed by atoms with Gasteiger partial charge in [0.1, 0.15) is 5.76 Å². The summed E-state index contributed by atoms with van der Waals surface area (Å²) in [6, 6.07) is 11.9. The van der Waals surface area contributed by atoms with Gasteiger partial charge in [-0.1, -0.05) is 30.2 Å². The molecule has 0 aliphatic carbocycles. The highest BCUT2D eigenvalue weighted by Gasteiger charge is 2.03. The van der Waals surface area contributed by atoms with Crippen molar-refractivity contribution in [2.24, 2.45) is 0 Å². The Labute approximate surface area is 102 Å². The van der Waals surface area contributed by atoms with E-state index >= 15 is 0 Å². The number of allylic oxidation sites excluding steroid dienone is 1. The minimum Gasteiger partial charge on any atom is -0.452 e. The van der Waals surface area contributed by atoms with Gasteiger partial charge >= 0.3 is 0 Å². The lowest BCUT2D eigenvalue weighted by atomic mass is 10.2. The van der Waals surface area contributed by atoms with Crippen molar-refractivity contribution in [3.05, 3.63) is 71.7 Å². The van der Waals surface area contributed by atoms with Crippen molar-refractivity contribution >= 4 is 0 Å². The molecule has 17 heavy (non-hydrogen) atoms. The molecule has 0 bridgehead atoms. The molecular weight excluding hydrogens is 208 g/mol. The van der Waals surface area contributed by atoms with E-state index in [9.17, 15) is 0 Å². The van der Waals surface area contributed by atoms with Crippen LogP contribution in [0.25, 0.3) is 0 Å². The minimum atomic E-state index is 0.741. The molecule has 0 unspecified atom stereocenters. The summed E-state index contributed by atoms with van der Waals surface area (Å²) in [5, 5.41) is 0. The fraction of sp³-hybridized carbons (Fsp3) is 0.125. The lowest BCUT2D eigenvalue weighted by Gasteiger charge is -1.88. The molecule has 2 rings (SSSR count). The molecule has 0 radical (unpaired) electrons. The van der Waals surface area contributed by atoms with Gasteiger partial charge < -0.3 is 4.42 Å². The SMILES string of the molecule is C=CCc1cc(C)c(C#Cc2ccccc2)o1. The van der Waals surface area contributed by atoms with E-state index in [0.29, 0.717) is 0 Å². The Morgan fingerprint density at radius 3 is 2.71 bits per heavy atom. The molecule has 0 amide bonds. The average Bonchev–Trinajstić information content (AvgIpc) is 2.69. The molecule has 1 aromatic heterocycles. The summed E-state index contributed by atoms with van der Waals surface area (Å²) in [5.41, 5.74) is 2.07. The van der Waals surface area contributed by atoms with Crippen LogP contribution in [0.1, 0.15) is 22.6 Å². The van der Waals surface area contributed by atoms with E-state index in [-0.39, 0.29) is 0 Å². The monoisotopic (exact) mass is 222 g/mol. The maximum atomic E-state index is 5.63. The van der Waals surface area contributed by atoms with Crippen LogP contribution in [-0.2, 0) is 6.42 Å². The smallest absolute Gasteiger partial charge is 0.180 e. The van der Waals surface area contributed by atoms with Gasteiger partial charge in [0.25, 0.3) is 0 Å². The molecule has 1 nitrogen and oxygen atoms in total. The second-order valence-electron chi connectivity index (χ2n) is 3.83.